The molecule has 1 fully saturated rings. The predicted molar refractivity (Wildman–Crippen MR) is 79.5 cm³/mol. The third kappa shape index (κ3) is 3.35. The molecular formula is C16H26N2O. The number of benzene rings is 1. The van der Waals surface area contributed by atoms with E-state index >= 15 is 0 Å². The van der Waals surface area contributed by atoms with Crippen molar-refractivity contribution in [2.75, 3.05) is 32.8 Å². The molecule has 1 atom stereocenters. The molecule has 3 nitrogen and oxygen atoms in total. The molecule has 1 saturated heterocycles. The summed E-state index contributed by atoms with van der Waals surface area (Å²) in [4.78, 5) is 2.41. The van der Waals surface area contributed by atoms with Crippen LogP contribution in [-0.2, 0) is 0 Å². The summed E-state index contributed by atoms with van der Waals surface area (Å²) < 4.78 is 0. The number of aliphatic hydroxyl groups is 1. The minimum atomic E-state index is 0.138. The standard InChI is InChI=1S/C16H26N2O/c1-12-9-14(3)15(10-13(12)2)16(11-19)18-7-4-5-17-6-8-18/h9-10,16-17,19H,4-8,11H2,1-3H3. The van der Waals surface area contributed by atoms with E-state index in [0.717, 1.165) is 32.6 Å². The quantitative estimate of drug-likeness (QED) is 0.874. The Kier molecular flexibility index (Phi) is 4.97. The van der Waals surface area contributed by atoms with Crippen molar-refractivity contribution in [2.24, 2.45) is 0 Å². The second-order valence-electron chi connectivity index (χ2n) is 5.63. The van der Waals surface area contributed by atoms with Gasteiger partial charge in [-0.3, -0.25) is 4.90 Å². The lowest BCUT2D eigenvalue weighted by molar-refractivity contribution is 0.129. The summed E-state index contributed by atoms with van der Waals surface area (Å²) in [5.41, 5.74) is 5.22. The fourth-order valence-corrected chi connectivity index (χ4v) is 2.93. The lowest BCUT2D eigenvalue weighted by atomic mass is 9.95. The van der Waals surface area contributed by atoms with Crippen molar-refractivity contribution in [1.82, 2.24) is 10.2 Å². The summed E-state index contributed by atoms with van der Waals surface area (Å²) in [6.45, 7) is 10.8. The first-order valence-electron chi connectivity index (χ1n) is 7.27. The van der Waals surface area contributed by atoms with E-state index in [1.54, 1.807) is 0 Å². The predicted octanol–water partition coefficient (Wildman–Crippen LogP) is 1.94. The average Bonchev–Trinajstić information content (AvgIpc) is 2.65. The first-order valence-corrected chi connectivity index (χ1v) is 7.27. The molecule has 1 aliphatic rings. The topological polar surface area (TPSA) is 35.5 Å². The summed E-state index contributed by atoms with van der Waals surface area (Å²) >= 11 is 0. The molecule has 1 heterocycles. The fraction of sp³-hybridized carbons (Fsp3) is 0.625. The minimum Gasteiger partial charge on any atom is -0.394 e. The normalized spacial score (nSPS) is 19.2. The maximum atomic E-state index is 9.85. The molecule has 0 aromatic heterocycles. The maximum absolute atomic E-state index is 9.85. The Hall–Kier alpha value is -0.900. The van der Waals surface area contributed by atoms with Crippen LogP contribution in [0.5, 0.6) is 0 Å². The van der Waals surface area contributed by atoms with Gasteiger partial charge in [0.15, 0.2) is 0 Å². The van der Waals surface area contributed by atoms with Crippen molar-refractivity contribution in [1.29, 1.82) is 0 Å². The Morgan fingerprint density at radius 1 is 1.11 bits per heavy atom. The monoisotopic (exact) mass is 262 g/mol. The second-order valence-corrected chi connectivity index (χ2v) is 5.63. The molecule has 2 N–H and O–H groups in total. The van der Waals surface area contributed by atoms with Crippen molar-refractivity contribution >= 4 is 0 Å². The van der Waals surface area contributed by atoms with Gasteiger partial charge in [-0.05, 0) is 56.0 Å². The van der Waals surface area contributed by atoms with Gasteiger partial charge in [-0.1, -0.05) is 12.1 Å². The van der Waals surface area contributed by atoms with E-state index in [4.69, 9.17) is 0 Å². The number of hydrogen-bond acceptors (Lipinski definition) is 3. The van der Waals surface area contributed by atoms with Gasteiger partial charge in [0, 0.05) is 19.6 Å². The van der Waals surface area contributed by atoms with E-state index in [0.29, 0.717) is 0 Å². The van der Waals surface area contributed by atoms with Crippen LogP contribution in [0.15, 0.2) is 12.1 Å². The highest BCUT2D eigenvalue weighted by atomic mass is 16.3. The number of hydrogen-bond donors (Lipinski definition) is 2. The van der Waals surface area contributed by atoms with Crippen LogP contribution in [-0.4, -0.2) is 42.8 Å². The van der Waals surface area contributed by atoms with E-state index < -0.39 is 0 Å². The van der Waals surface area contributed by atoms with Crippen LogP contribution in [0.1, 0.15) is 34.7 Å². The minimum absolute atomic E-state index is 0.138. The van der Waals surface area contributed by atoms with E-state index in [9.17, 15) is 5.11 Å². The van der Waals surface area contributed by atoms with E-state index in [-0.39, 0.29) is 12.6 Å². The Morgan fingerprint density at radius 2 is 1.84 bits per heavy atom. The number of aliphatic hydroxyl groups excluding tert-OH is 1. The average molecular weight is 262 g/mol. The molecule has 2 rings (SSSR count). The summed E-state index contributed by atoms with van der Waals surface area (Å²) in [5.74, 6) is 0. The summed E-state index contributed by atoms with van der Waals surface area (Å²) in [6.07, 6.45) is 1.15. The smallest absolute Gasteiger partial charge is 0.0628 e. The Balaban J connectivity index is 2.27. The number of aryl methyl sites for hydroxylation is 3. The first kappa shape index (κ1) is 14.5. The highest BCUT2D eigenvalue weighted by Gasteiger charge is 2.22. The molecule has 1 aromatic rings. The third-order valence-electron chi connectivity index (χ3n) is 4.23. The van der Waals surface area contributed by atoms with Crippen LogP contribution in [0.25, 0.3) is 0 Å². The second kappa shape index (κ2) is 6.51. The molecule has 0 aliphatic carbocycles. The Labute approximate surface area is 116 Å². The van der Waals surface area contributed by atoms with Crippen LogP contribution >= 0.6 is 0 Å². The van der Waals surface area contributed by atoms with Gasteiger partial charge >= 0.3 is 0 Å². The Morgan fingerprint density at radius 3 is 2.58 bits per heavy atom. The molecule has 0 saturated carbocycles. The van der Waals surface area contributed by atoms with Crippen LogP contribution in [0.4, 0.5) is 0 Å². The molecule has 1 aliphatic heterocycles. The van der Waals surface area contributed by atoms with Gasteiger partial charge in [-0.15, -0.1) is 0 Å². The maximum Gasteiger partial charge on any atom is 0.0628 e. The lowest BCUT2D eigenvalue weighted by Gasteiger charge is -2.30. The van der Waals surface area contributed by atoms with Crippen molar-refractivity contribution < 1.29 is 5.11 Å². The van der Waals surface area contributed by atoms with E-state index in [1.165, 1.54) is 22.3 Å². The lowest BCUT2D eigenvalue weighted by Crippen LogP contribution is -2.34. The zero-order valence-corrected chi connectivity index (χ0v) is 12.4. The van der Waals surface area contributed by atoms with Crippen molar-refractivity contribution in [2.45, 2.75) is 33.2 Å². The van der Waals surface area contributed by atoms with Gasteiger partial charge in [0.1, 0.15) is 0 Å². The van der Waals surface area contributed by atoms with Crippen LogP contribution < -0.4 is 5.32 Å². The highest BCUT2D eigenvalue weighted by Crippen LogP contribution is 2.26. The summed E-state index contributed by atoms with van der Waals surface area (Å²) in [7, 11) is 0. The van der Waals surface area contributed by atoms with Gasteiger partial charge < -0.3 is 10.4 Å². The highest BCUT2D eigenvalue weighted by molar-refractivity contribution is 5.38. The summed E-state index contributed by atoms with van der Waals surface area (Å²) in [5, 5.41) is 13.3. The molecular weight excluding hydrogens is 236 g/mol. The third-order valence-corrected chi connectivity index (χ3v) is 4.23. The molecule has 106 valence electrons. The molecule has 19 heavy (non-hydrogen) atoms. The molecule has 0 bridgehead atoms. The van der Waals surface area contributed by atoms with Crippen molar-refractivity contribution in [3.05, 3.63) is 34.4 Å². The van der Waals surface area contributed by atoms with Gasteiger partial charge in [0.25, 0.3) is 0 Å². The number of nitrogens with one attached hydrogen (secondary N) is 1. The molecule has 3 heteroatoms. The SMILES string of the molecule is Cc1cc(C)c(C(CO)N2CCCNCC2)cc1C. The van der Waals surface area contributed by atoms with Crippen molar-refractivity contribution in [3.63, 3.8) is 0 Å². The largest absolute Gasteiger partial charge is 0.394 e. The number of nitrogens with zero attached hydrogens (tertiary/aromatic N) is 1. The fourth-order valence-electron chi connectivity index (χ4n) is 2.93. The summed E-state index contributed by atoms with van der Waals surface area (Å²) in [6, 6.07) is 4.63. The van der Waals surface area contributed by atoms with Crippen LogP contribution in [0, 0.1) is 20.8 Å². The Bertz CT molecular complexity index is 423. The van der Waals surface area contributed by atoms with Crippen LogP contribution in [0.3, 0.4) is 0 Å². The molecule has 0 spiro atoms. The zero-order chi connectivity index (χ0) is 13.8. The molecule has 1 aromatic carbocycles. The first-order chi connectivity index (χ1) is 9.13. The van der Waals surface area contributed by atoms with Gasteiger partial charge in [0.2, 0.25) is 0 Å². The van der Waals surface area contributed by atoms with Gasteiger partial charge in [0.05, 0.1) is 12.6 Å². The zero-order valence-electron chi connectivity index (χ0n) is 12.4. The molecule has 1 unspecified atom stereocenters. The van der Waals surface area contributed by atoms with E-state index in [1.807, 2.05) is 0 Å². The van der Waals surface area contributed by atoms with Crippen LogP contribution in [0.2, 0.25) is 0 Å². The van der Waals surface area contributed by atoms with Gasteiger partial charge in [-0.25, -0.2) is 0 Å². The molecule has 0 amide bonds. The van der Waals surface area contributed by atoms with E-state index in [2.05, 4.69) is 43.1 Å². The number of rotatable bonds is 3. The van der Waals surface area contributed by atoms with Crippen molar-refractivity contribution in [3.8, 4) is 0 Å². The molecule has 0 radical (unpaired) electrons. The van der Waals surface area contributed by atoms with Gasteiger partial charge in [-0.2, -0.15) is 0 Å².